The average Bonchev–Trinajstić information content (AvgIpc) is 3.00. The Kier molecular flexibility index (Phi) is 5.46. The molecule has 0 atom stereocenters. The molecule has 0 radical (unpaired) electrons. The van der Waals surface area contributed by atoms with E-state index < -0.39 is 0 Å². The molecule has 2 aromatic carbocycles. The molecule has 1 fully saturated rings. The third-order valence-electron chi connectivity index (χ3n) is 4.75. The molecule has 2 aromatic rings. The van der Waals surface area contributed by atoms with E-state index in [0.29, 0.717) is 15.8 Å². The summed E-state index contributed by atoms with van der Waals surface area (Å²) in [6, 6.07) is 18.3. The zero-order chi connectivity index (χ0) is 19.5. The van der Waals surface area contributed by atoms with Crippen LogP contribution in [0.3, 0.4) is 0 Å². The van der Waals surface area contributed by atoms with Gasteiger partial charge >= 0.3 is 0 Å². The number of hydrogen-bond acceptors (Lipinski definition) is 4. The summed E-state index contributed by atoms with van der Waals surface area (Å²) in [5.74, 6) is -0.0288. The van der Waals surface area contributed by atoms with Gasteiger partial charge in [-0.15, -0.1) is 0 Å². The number of likely N-dealkylation sites (N-methyl/N-ethyl adjacent to an activating group) is 1. The van der Waals surface area contributed by atoms with Gasteiger partial charge in [0.15, 0.2) is 0 Å². The lowest BCUT2D eigenvalue weighted by Crippen LogP contribution is -2.27. The molecule has 0 bridgehead atoms. The molecule has 5 heteroatoms. The van der Waals surface area contributed by atoms with Crippen LogP contribution in [0.4, 0.5) is 5.69 Å². The largest absolute Gasteiger partial charge is 0.341 e. The van der Waals surface area contributed by atoms with Gasteiger partial charge in [-0.25, -0.2) is 0 Å². The van der Waals surface area contributed by atoms with Crippen molar-refractivity contribution in [3.63, 3.8) is 0 Å². The van der Waals surface area contributed by atoms with Crippen molar-refractivity contribution in [2.24, 2.45) is 0 Å². The number of thioether (sulfide) groups is 1. The summed E-state index contributed by atoms with van der Waals surface area (Å²) in [6.07, 6.45) is 8.10. The molecule has 140 valence electrons. The molecule has 3 nitrogen and oxygen atoms in total. The van der Waals surface area contributed by atoms with Crippen LogP contribution in [0, 0.1) is 0 Å². The van der Waals surface area contributed by atoms with Crippen LogP contribution >= 0.6 is 24.0 Å². The summed E-state index contributed by atoms with van der Waals surface area (Å²) in [5, 5.41) is 0. The summed E-state index contributed by atoms with van der Waals surface area (Å²) in [7, 11) is 0. The molecule has 0 spiro atoms. The predicted octanol–water partition coefficient (Wildman–Crippen LogP) is 5.37. The Hall–Kier alpha value is -2.63. The molecule has 0 aliphatic carbocycles. The second kappa shape index (κ2) is 8.17. The van der Waals surface area contributed by atoms with Crippen LogP contribution < -0.4 is 4.90 Å². The SMILES string of the molecule is CCN1/C(=C\C=C2/SC(=S)N(Cc3ccccc3)C2=O)C=Cc2ccccc21. The topological polar surface area (TPSA) is 23.6 Å². The van der Waals surface area contributed by atoms with Gasteiger partial charge in [0.25, 0.3) is 5.91 Å². The van der Waals surface area contributed by atoms with Crippen LogP contribution in [0.5, 0.6) is 0 Å². The van der Waals surface area contributed by atoms with Crippen molar-refractivity contribution in [2.75, 3.05) is 11.4 Å². The molecule has 0 unspecified atom stereocenters. The number of thiocarbonyl (C=S) groups is 1. The molecular formula is C23H20N2OS2. The second-order valence-corrected chi connectivity index (χ2v) is 8.18. The quantitative estimate of drug-likeness (QED) is 0.505. The molecule has 1 amide bonds. The average molecular weight is 405 g/mol. The second-order valence-electron chi connectivity index (χ2n) is 6.50. The van der Waals surface area contributed by atoms with Gasteiger partial charge in [0.1, 0.15) is 4.32 Å². The molecule has 28 heavy (non-hydrogen) atoms. The van der Waals surface area contributed by atoms with Crippen LogP contribution in [0.15, 0.2) is 83.4 Å². The van der Waals surface area contributed by atoms with Gasteiger partial charge < -0.3 is 4.90 Å². The van der Waals surface area contributed by atoms with E-state index >= 15 is 0 Å². The molecule has 0 aromatic heterocycles. The molecule has 1 saturated heterocycles. The third kappa shape index (κ3) is 3.68. The number of hydrogen-bond donors (Lipinski definition) is 0. The van der Waals surface area contributed by atoms with Gasteiger partial charge in [-0.1, -0.05) is 78.6 Å². The highest BCUT2D eigenvalue weighted by Gasteiger charge is 2.31. The number of carbonyl (C=O) groups is 1. The number of carbonyl (C=O) groups excluding carboxylic acids is 1. The number of benzene rings is 2. The molecule has 0 saturated carbocycles. The molecular weight excluding hydrogens is 384 g/mol. The van der Waals surface area contributed by atoms with Gasteiger partial charge in [-0.05, 0) is 42.3 Å². The van der Waals surface area contributed by atoms with Crippen LogP contribution in [0.1, 0.15) is 18.1 Å². The highest BCUT2D eigenvalue weighted by Crippen LogP contribution is 2.34. The zero-order valence-corrected chi connectivity index (χ0v) is 17.2. The zero-order valence-electron chi connectivity index (χ0n) is 15.5. The number of fused-ring (bicyclic) bond motifs is 1. The fourth-order valence-corrected chi connectivity index (χ4v) is 4.55. The van der Waals surface area contributed by atoms with E-state index in [2.05, 4.69) is 36.1 Å². The van der Waals surface area contributed by atoms with Crippen LogP contribution in [0.25, 0.3) is 6.08 Å². The van der Waals surface area contributed by atoms with Crippen molar-refractivity contribution in [1.29, 1.82) is 0 Å². The van der Waals surface area contributed by atoms with Gasteiger partial charge in [-0.2, -0.15) is 0 Å². The number of nitrogens with zero attached hydrogens (tertiary/aromatic N) is 2. The van der Waals surface area contributed by atoms with E-state index in [0.717, 1.165) is 17.8 Å². The minimum atomic E-state index is -0.0288. The van der Waals surface area contributed by atoms with Crippen molar-refractivity contribution in [3.8, 4) is 0 Å². The minimum absolute atomic E-state index is 0.0288. The van der Waals surface area contributed by atoms with E-state index in [1.165, 1.54) is 23.0 Å². The van der Waals surface area contributed by atoms with Crippen molar-refractivity contribution in [2.45, 2.75) is 13.5 Å². The fourth-order valence-electron chi connectivity index (χ4n) is 3.35. The van der Waals surface area contributed by atoms with Crippen molar-refractivity contribution in [3.05, 3.63) is 94.6 Å². The summed E-state index contributed by atoms with van der Waals surface area (Å²) in [6.45, 7) is 3.49. The summed E-state index contributed by atoms with van der Waals surface area (Å²) >= 11 is 6.81. The Morgan fingerprint density at radius 2 is 1.71 bits per heavy atom. The summed E-state index contributed by atoms with van der Waals surface area (Å²) in [4.78, 5) is 17.4. The Labute approximate surface area is 175 Å². The first kappa shape index (κ1) is 18.7. The maximum absolute atomic E-state index is 12.8. The highest BCUT2D eigenvalue weighted by molar-refractivity contribution is 8.26. The molecule has 2 aliphatic heterocycles. The maximum atomic E-state index is 12.8. The first-order valence-electron chi connectivity index (χ1n) is 9.21. The van der Waals surface area contributed by atoms with E-state index in [4.69, 9.17) is 12.2 Å². The molecule has 4 rings (SSSR count). The fraction of sp³-hybridized carbons (Fsp3) is 0.130. The number of para-hydroxylation sites is 1. The van der Waals surface area contributed by atoms with Crippen molar-refractivity contribution < 1.29 is 4.79 Å². The van der Waals surface area contributed by atoms with Gasteiger partial charge in [0, 0.05) is 17.9 Å². The van der Waals surface area contributed by atoms with Crippen LogP contribution in [-0.4, -0.2) is 21.7 Å². The van der Waals surface area contributed by atoms with E-state index in [1.807, 2.05) is 54.6 Å². The summed E-state index contributed by atoms with van der Waals surface area (Å²) in [5.41, 5.74) is 4.52. The van der Waals surface area contributed by atoms with Gasteiger partial charge in [0.2, 0.25) is 0 Å². The lowest BCUT2D eigenvalue weighted by Gasteiger charge is -2.29. The number of amides is 1. The molecule has 2 heterocycles. The predicted molar refractivity (Wildman–Crippen MR) is 122 cm³/mol. The highest BCUT2D eigenvalue weighted by atomic mass is 32.2. The van der Waals surface area contributed by atoms with E-state index in [-0.39, 0.29) is 5.91 Å². The van der Waals surface area contributed by atoms with Crippen molar-refractivity contribution in [1.82, 2.24) is 4.90 Å². The Bertz CT molecular complexity index is 1010. The molecule has 2 aliphatic rings. The summed E-state index contributed by atoms with van der Waals surface area (Å²) < 4.78 is 0.607. The lowest BCUT2D eigenvalue weighted by molar-refractivity contribution is -0.122. The van der Waals surface area contributed by atoms with Gasteiger partial charge in [-0.3, -0.25) is 9.69 Å². The number of anilines is 1. The number of rotatable bonds is 4. The Morgan fingerprint density at radius 1 is 0.964 bits per heavy atom. The van der Waals surface area contributed by atoms with Gasteiger partial charge in [0.05, 0.1) is 11.4 Å². The third-order valence-corrected chi connectivity index (χ3v) is 6.15. The number of allylic oxidation sites excluding steroid dienone is 3. The van der Waals surface area contributed by atoms with E-state index in [1.54, 1.807) is 4.90 Å². The first-order chi connectivity index (χ1) is 13.7. The van der Waals surface area contributed by atoms with Crippen LogP contribution in [-0.2, 0) is 11.3 Å². The maximum Gasteiger partial charge on any atom is 0.266 e. The smallest absolute Gasteiger partial charge is 0.266 e. The lowest BCUT2D eigenvalue weighted by atomic mass is 10.1. The minimum Gasteiger partial charge on any atom is -0.341 e. The Morgan fingerprint density at radius 3 is 2.50 bits per heavy atom. The van der Waals surface area contributed by atoms with Crippen molar-refractivity contribution >= 4 is 46.0 Å². The standard InChI is InChI=1S/C23H20N2OS2/c1-2-24-19(13-12-18-10-6-7-11-20(18)24)14-15-21-22(26)25(23(27)28-21)16-17-8-4-3-5-9-17/h3-15H,2,16H2,1H3/b19-14-,21-15-. The monoisotopic (exact) mass is 404 g/mol. The first-order valence-corrected chi connectivity index (χ1v) is 10.4. The molecule has 0 N–H and O–H groups in total. The Balaban J connectivity index is 1.56. The normalized spacial score (nSPS) is 19.0. The van der Waals surface area contributed by atoms with E-state index in [9.17, 15) is 4.79 Å². The van der Waals surface area contributed by atoms with Crippen LogP contribution in [0.2, 0.25) is 0 Å².